The molecule has 6 heteroatoms. The first-order chi connectivity index (χ1) is 12.7. The summed E-state index contributed by atoms with van der Waals surface area (Å²) < 4.78 is 5.36. The van der Waals surface area contributed by atoms with Gasteiger partial charge in [0, 0.05) is 38.6 Å². The van der Waals surface area contributed by atoms with Gasteiger partial charge in [0.1, 0.15) is 0 Å². The standard InChI is InChI=1S/C20H35N3O3/c24-19-9-8-17(16-23(19)18-6-2-3-7-18)20(25)21-10-4-1-5-11-22-12-14-26-15-13-22/h17-18H,1-16H2,(H,21,25). The molecule has 3 fully saturated rings. The van der Waals surface area contributed by atoms with Gasteiger partial charge in [-0.25, -0.2) is 0 Å². The van der Waals surface area contributed by atoms with Crippen molar-refractivity contribution in [2.75, 3.05) is 45.9 Å². The second kappa shape index (κ2) is 10.3. The van der Waals surface area contributed by atoms with Gasteiger partial charge < -0.3 is 15.0 Å². The van der Waals surface area contributed by atoms with Crippen LogP contribution in [-0.4, -0.2) is 73.6 Å². The molecule has 2 aliphatic heterocycles. The van der Waals surface area contributed by atoms with E-state index in [0.29, 0.717) is 25.4 Å². The number of piperidine rings is 1. The van der Waals surface area contributed by atoms with Crippen LogP contribution in [0.5, 0.6) is 0 Å². The first-order valence-electron chi connectivity index (χ1n) is 10.6. The number of carbonyl (C=O) groups excluding carboxylic acids is 2. The molecule has 2 saturated heterocycles. The van der Waals surface area contributed by atoms with Gasteiger partial charge in [0.05, 0.1) is 19.1 Å². The van der Waals surface area contributed by atoms with Gasteiger partial charge in [-0.15, -0.1) is 0 Å². The second-order valence-electron chi connectivity index (χ2n) is 8.03. The van der Waals surface area contributed by atoms with Crippen LogP contribution in [-0.2, 0) is 14.3 Å². The van der Waals surface area contributed by atoms with E-state index in [1.165, 1.54) is 19.3 Å². The summed E-state index contributed by atoms with van der Waals surface area (Å²) in [6.07, 6.45) is 9.28. The largest absolute Gasteiger partial charge is 0.379 e. The van der Waals surface area contributed by atoms with E-state index in [9.17, 15) is 9.59 Å². The molecular formula is C20H35N3O3. The van der Waals surface area contributed by atoms with Gasteiger partial charge >= 0.3 is 0 Å². The van der Waals surface area contributed by atoms with Crippen LogP contribution in [0.2, 0.25) is 0 Å². The lowest BCUT2D eigenvalue weighted by Gasteiger charge is -2.36. The quantitative estimate of drug-likeness (QED) is 0.666. The average Bonchev–Trinajstić information content (AvgIpc) is 3.20. The average molecular weight is 366 g/mol. The third-order valence-corrected chi connectivity index (χ3v) is 6.13. The Bertz CT molecular complexity index is 459. The maximum absolute atomic E-state index is 12.5. The van der Waals surface area contributed by atoms with Crippen LogP contribution in [0.3, 0.4) is 0 Å². The molecule has 0 bridgehead atoms. The summed E-state index contributed by atoms with van der Waals surface area (Å²) in [7, 11) is 0. The lowest BCUT2D eigenvalue weighted by Crippen LogP contribution is -2.49. The van der Waals surface area contributed by atoms with Gasteiger partial charge in [0.2, 0.25) is 11.8 Å². The fraction of sp³-hybridized carbons (Fsp3) is 0.900. The predicted molar refractivity (Wildman–Crippen MR) is 101 cm³/mol. The fourth-order valence-electron chi connectivity index (χ4n) is 4.47. The topological polar surface area (TPSA) is 61.9 Å². The second-order valence-corrected chi connectivity index (χ2v) is 8.03. The van der Waals surface area contributed by atoms with Crippen LogP contribution in [0.4, 0.5) is 0 Å². The molecule has 0 aromatic rings. The van der Waals surface area contributed by atoms with Gasteiger partial charge in [-0.3, -0.25) is 14.5 Å². The normalized spacial score (nSPS) is 25.6. The number of carbonyl (C=O) groups is 2. The van der Waals surface area contributed by atoms with E-state index in [1.807, 2.05) is 4.90 Å². The van der Waals surface area contributed by atoms with E-state index < -0.39 is 0 Å². The number of hydrogen-bond donors (Lipinski definition) is 1. The summed E-state index contributed by atoms with van der Waals surface area (Å²) in [6, 6.07) is 0.387. The van der Waals surface area contributed by atoms with E-state index in [4.69, 9.17) is 4.74 Å². The predicted octanol–water partition coefficient (Wildman–Crippen LogP) is 1.79. The van der Waals surface area contributed by atoms with E-state index in [-0.39, 0.29) is 17.7 Å². The Kier molecular flexibility index (Phi) is 7.74. The van der Waals surface area contributed by atoms with Crippen LogP contribution in [0, 0.1) is 5.92 Å². The molecule has 0 aromatic heterocycles. The van der Waals surface area contributed by atoms with Gasteiger partial charge in [-0.1, -0.05) is 19.3 Å². The van der Waals surface area contributed by atoms with Gasteiger partial charge in [-0.2, -0.15) is 0 Å². The SMILES string of the molecule is O=C(NCCCCCN1CCOCC1)C1CCC(=O)N(C2CCCC2)C1. The highest BCUT2D eigenvalue weighted by molar-refractivity contribution is 5.84. The minimum atomic E-state index is -0.0124. The number of nitrogens with zero attached hydrogens (tertiary/aromatic N) is 2. The minimum Gasteiger partial charge on any atom is -0.379 e. The summed E-state index contributed by atoms with van der Waals surface area (Å²) >= 11 is 0. The van der Waals surface area contributed by atoms with Crippen molar-refractivity contribution in [1.82, 2.24) is 15.1 Å². The highest BCUT2D eigenvalue weighted by Gasteiger charge is 2.34. The number of unbranched alkanes of at least 4 members (excludes halogenated alkanes) is 2. The van der Waals surface area contributed by atoms with Crippen molar-refractivity contribution in [3.63, 3.8) is 0 Å². The molecule has 1 aliphatic carbocycles. The van der Waals surface area contributed by atoms with Crippen molar-refractivity contribution in [3.05, 3.63) is 0 Å². The van der Waals surface area contributed by atoms with E-state index >= 15 is 0 Å². The molecule has 2 amide bonds. The molecule has 1 N–H and O–H groups in total. The Morgan fingerprint density at radius 3 is 2.62 bits per heavy atom. The number of nitrogens with one attached hydrogen (secondary N) is 1. The molecule has 26 heavy (non-hydrogen) atoms. The van der Waals surface area contributed by atoms with Gasteiger partial charge in [0.15, 0.2) is 0 Å². The Balaban J connectivity index is 1.28. The summed E-state index contributed by atoms with van der Waals surface area (Å²) in [5, 5.41) is 3.11. The third kappa shape index (κ3) is 5.68. The van der Waals surface area contributed by atoms with Crippen LogP contribution in [0.1, 0.15) is 57.8 Å². The Morgan fingerprint density at radius 1 is 1.08 bits per heavy atom. The molecule has 1 saturated carbocycles. The Morgan fingerprint density at radius 2 is 1.85 bits per heavy atom. The van der Waals surface area contributed by atoms with Crippen molar-refractivity contribution < 1.29 is 14.3 Å². The molecule has 148 valence electrons. The summed E-state index contributed by atoms with van der Waals surface area (Å²) in [5.74, 6) is 0.388. The molecule has 2 heterocycles. The molecule has 0 spiro atoms. The Labute approximate surface area is 157 Å². The van der Waals surface area contributed by atoms with E-state index in [1.54, 1.807) is 0 Å². The van der Waals surface area contributed by atoms with Gasteiger partial charge in [0.25, 0.3) is 0 Å². The maximum Gasteiger partial charge on any atom is 0.224 e. The molecular weight excluding hydrogens is 330 g/mol. The third-order valence-electron chi connectivity index (χ3n) is 6.13. The lowest BCUT2D eigenvalue weighted by molar-refractivity contribution is -0.140. The summed E-state index contributed by atoms with van der Waals surface area (Å²) in [4.78, 5) is 29.1. The Hall–Kier alpha value is -1.14. The van der Waals surface area contributed by atoms with Crippen molar-refractivity contribution >= 4 is 11.8 Å². The van der Waals surface area contributed by atoms with Crippen molar-refractivity contribution in [2.24, 2.45) is 5.92 Å². The van der Waals surface area contributed by atoms with Crippen molar-refractivity contribution in [1.29, 1.82) is 0 Å². The number of hydrogen-bond acceptors (Lipinski definition) is 4. The molecule has 3 rings (SSSR count). The van der Waals surface area contributed by atoms with Crippen LogP contribution < -0.4 is 5.32 Å². The zero-order valence-electron chi connectivity index (χ0n) is 16.1. The number of likely N-dealkylation sites (tertiary alicyclic amines) is 1. The monoisotopic (exact) mass is 365 g/mol. The maximum atomic E-state index is 12.5. The first kappa shape index (κ1) is 19.6. The van der Waals surface area contributed by atoms with E-state index in [0.717, 1.165) is 65.1 Å². The smallest absolute Gasteiger partial charge is 0.224 e. The highest BCUT2D eigenvalue weighted by Crippen LogP contribution is 2.28. The van der Waals surface area contributed by atoms with Crippen molar-refractivity contribution in [2.45, 2.75) is 63.8 Å². The minimum absolute atomic E-state index is 0.0124. The number of amides is 2. The molecule has 1 atom stereocenters. The molecule has 6 nitrogen and oxygen atoms in total. The van der Waals surface area contributed by atoms with Gasteiger partial charge in [-0.05, 0) is 38.6 Å². The van der Waals surface area contributed by atoms with Crippen molar-refractivity contribution in [3.8, 4) is 0 Å². The summed E-state index contributed by atoms with van der Waals surface area (Å²) in [5.41, 5.74) is 0. The molecule has 0 aromatic carbocycles. The zero-order valence-corrected chi connectivity index (χ0v) is 16.1. The molecule has 1 unspecified atom stereocenters. The number of morpholine rings is 1. The first-order valence-corrected chi connectivity index (χ1v) is 10.6. The highest BCUT2D eigenvalue weighted by atomic mass is 16.5. The van der Waals surface area contributed by atoms with Crippen LogP contribution >= 0.6 is 0 Å². The summed E-state index contributed by atoms with van der Waals surface area (Å²) in [6.45, 7) is 6.35. The lowest BCUT2D eigenvalue weighted by atomic mass is 9.95. The number of rotatable bonds is 8. The van der Waals surface area contributed by atoms with Crippen LogP contribution in [0.25, 0.3) is 0 Å². The molecule has 3 aliphatic rings. The fourth-order valence-corrected chi connectivity index (χ4v) is 4.47. The zero-order chi connectivity index (χ0) is 18.2. The number of ether oxygens (including phenoxy) is 1. The van der Waals surface area contributed by atoms with Crippen LogP contribution in [0.15, 0.2) is 0 Å². The molecule has 0 radical (unpaired) electrons. The van der Waals surface area contributed by atoms with E-state index in [2.05, 4.69) is 10.2 Å².